The fourth-order valence-electron chi connectivity index (χ4n) is 4.85. The van der Waals surface area contributed by atoms with Crippen LogP contribution >= 0.6 is 0 Å². The zero-order valence-electron chi connectivity index (χ0n) is 15.0. The molecule has 3 aliphatic rings. The highest BCUT2D eigenvalue weighted by Crippen LogP contribution is 2.39. The first kappa shape index (κ1) is 16.9. The SMILES string of the molecule is CC(NC(=O)C1COc2ccccc21)C1(N2CCOCC2)CCCC1. The van der Waals surface area contributed by atoms with Gasteiger partial charge in [0.1, 0.15) is 18.3 Å². The van der Waals surface area contributed by atoms with Crippen LogP contribution in [0, 0.1) is 0 Å². The van der Waals surface area contributed by atoms with Crippen molar-refractivity contribution in [3.8, 4) is 5.75 Å². The van der Waals surface area contributed by atoms with Gasteiger partial charge in [0.05, 0.1) is 13.2 Å². The fourth-order valence-corrected chi connectivity index (χ4v) is 4.85. The maximum absolute atomic E-state index is 13.0. The molecule has 1 aromatic rings. The number of nitrogens with zero attached hydrogens (tertiary/aromatic N) is 1. The predicted molar refractivity (Wildman–Crippen MR) is 95.9 cm³/mol. The van der Waals surface area contributed by atoms with Crippen molar-refractivity contribution < 1.29 is 14.3 Å². The minimum atomic E-state index is -0.193. The van der Waals surface area contributed by atoms with Gasteiger partial charge in [-0.25, -0.2) is 0 Å². The highest BCUT2D eigenvalue weighted by molar-refractivity contribution is 5.85. The van der Waals surface area contributed by atoms with Crippen LogP contribution in [0.3, 0.4) is 0 Å². The van der Waals surface area contributed by atoms with Crippen LogP contribution in [-0.2, 0) is 9.53 Å². The van der Waals surface area contributed by atoms with Crippen LogP contribution in [0.25, 0.3) is 0 Å². The minimum Gasteiger partial charge on any atom is -0.492 e. The average Bonchev–Trinajstić information content (AvgIpc) is 3.30. The Balaban J connectivity index is 1.48. The first-order chi connectivity index (χ1) is 12.2. The Bertz CT molecular complexity index is 621. The molecule has 5 heteroatoms. The molecule has 25 heavy (non-hydrogen) atoms. The summed E-state index contributed by atoms with van der Waals surface area (Å²) in [5, 5.41) is 3.34. The maximum Gasteiger partial charge on any atom is 0.231 e. The summed E-state index contributed by atoms with van der Waals surface area (Å²) in [6, 6.07) is 8.01. The fraction of sp³-hybridized carbons (Fsp3) is 0.650. The summed E-state index contributed by atoms with van der Waals surface area (Å²) in [6.45, 7) is 6.16. The lowest BCUT2D eigenvalue weighted by atomic mass is 9.86. The van der Waals surface area contributed by atoms with Gasteiger partial charge >= 0.3 is 0 Å². The number of rotatable bonds is 4. The summed E-state index contributed by atoms with van der Waals surface area (Å²) >= 11 is 0. The van der Waals surface area contributed by atoms with Gasteiger partial charge in [0, 0.05) is 30.2 Å². The number of morpholine rings is 1. The van der Waals surface area contributed by atoms with Crippen molar-refractivity contribution in [2.45, 2.75) is 50.1 Å². The van der Waals surface area contributed by atoms with E-state index in [1.807, 2.05) is 24.3 Å². The van der Waals surface area contributed by atoms with E-state index in [-0.39, 0.29) is 23.4 Å². The molecule has 1 aliphatic carbocycles. The third-order valence-electron chi connectivity index (χ3n) is 6.29. The summed E-state index contributed by atoms with van der Waals surface area (Å²) in [5.41, 5.74) is 1.09. The van der Waals surface area contributed by atoms with Gasteiger partial charge < -0.3 is 14.8 Å². The third kappa shape index (κ3) is 3.04. The molecule has 2 aliphatic heterocycles. The summed E-state index contributed by atoms with van der Waals surface area (Å²) in [4.78, 5) is 15.5. The molecule has 4 rings (SSSR count). The standard InChI is InChI=1S/C20H28N2O3/c1-15(20(8-4-5-9-20)22-10-12-24-13-11-22)21-19(23)17-14-25-18-7-3-2-6-16(17)18/h2-3,6-7,15,17H,4-5,8-14H2,1H3,(H,21,23). The monoisotopic (exact) mass is 344 g/mol. The van der Waals surface area contributed by atoms with Crippen LogP contribution in [0.15, 0.2) is 24.3 Å². The van der Waals surface area contributed by atoms with Crippen molar-refractivity contribution in [3.05, 3.63) is 29.8 Å². The van der Waals surface area contributed by atoms with E-state index < -0.39 is 0 Å². The second kappa shape index (κ2) is 6.96. The van der Waals surface area contributed by atoms with Crippen molar-refractivity contribution >= 4 is 5.91 Å². The molecule has 2 unspecified atom stereocenters. The normalized spacial score (nSPS) is 26.7. The van der Waals surface area contributed by atoms with E-state index in [2.05, 4.69) is 17.1 Å². The zero-order chi connectivity index (χ0) is 17.3. The first-order valence-corrected chi connectivity index (χ1v) is 9.56. The Morgan fingerprint density at radius 2 is 1.96 bits per heavy atom. The molecular weight excluding hydrogens is 316 g/mol. The quantitative estimate of drug-likeness (QED) is 0.911. The highest BCUT2D eigenvalue weighted by atomic mass is 16.5. The lowest BCUT2D eigenvalue weighted by Gasteiger charge is -2.47. The molecule has 0 bridgehead atoms. The number of amides is 1. The number of para-hydroxylation sites is 1. The van der Waals surface area contributed by atoms with Crippen LogP contribution in [0.4, 0.5) is 0 Å². The summed E-state index contributed by atoms with van der Waals surface area (Å²) in [7, 11) is 0. The van der Waals surface area contributed by atoms with Crippen LogP contribution < -0.4 is 10.1 Å². The molecule has 5 nitrogen and oxygen atoms in total. The molecule has 1 aromatic carbocycles. The van der Waals surface area contributed by atoms with Gasteiger partial charge in [0.15, 0.2) is 0 Å². The Morgan fingerprint density at radius 3 is 2.72 bits per heavy atom. The summed E-state index contributed by atoms with van der Waals surface area (Å²) < 4.78 is 11.2. The van der Waals surface area contributed by atoms with Crippen molar-refractivity contribution in [2.75, 3.05) is 32.9 Å². The van der Waals surface area contributed by atoms with Crippen LogP contribution in [0.1, 0.15) is 44.1 Å². The van der Waals surface area contributed by atoms with Gasteiger partial charge in [-0.3, -0.25) is 9.69 Å². The molecule has 1 amide bonds. The lowest BCUT2D eigenvalue weighted by Crippen LogP contribution is -2.62. The molecular formula is C20H28N2O3. The average molecular weight is 344 g/mol. The molecule has 2 atom stereocenters. The second-order valence-electron chi connectivity index (χ2n) is 7.54. The van der Waals surface area contributed by atoms with E-state index in [1.54, 1.807) is 0 Å². The number of carbonyl (C=O) groups excluding carboxylic acids is 1. The number of benzene rings is 1. The molecule has 1 saturated carbocycles. The number of hydrogen-bond donors (Lipinski definition) is 1. The van der Waals surface area contributed by atoms with Gasteiger partial charge in [-0.2, -0.15) is 0 Å². The molecule has 0 spiro atoms. The van der Waals surface area contributed by atoms with Gasteiger partial charge in [-0.05, 0) is 25.8 Å². The first-order valence-electron chi connectivity index (χ1n) is 9.56. The Hall–Kier alpha value is -1.59. The molecule has 1 N–H and O–H groups in total. The Morgan fingerprint density at radius 1 is 1.24 bits per heavy atom. The van der Waals surface area contributed by atoms with E-state index in [1.165, 1.54) is 12.8 Å². The summed E-state index contributed by atoms with van der Waals surface area (Å²) in [5.74, 6) is 0.748. The van der Waals surface area contributed by atoms with E-state index in [0.29, 0.717) is 6.61 Å². The number of carbonyl (C=O) groups is 1. The topological polar surface area (TPSA) is 50.8 Å². The van der Waals surface area contributed by atoms with Gasteiger partial charge in [-0.1, -0.05) is 31.0 Å². The van der Waals surface area contributed by atoms with E-state index >= 15 is 0 Å². The lowest BCUT2D eigenvalue weighted by molar-refractivity contribution is -0.125. The molecule has 136 valence electrons. The van der Waals surface area contributed by atoms with Crippen LogP contribution in [0.5, 0.6) is 5.75 Å². The van der Waals surface area contributed by atoms with Crippen molar-refractivity contribution in [1.29, 1.82) is 0 Å². The van der Waals surface area contributed by atoms with Gasteiger partial charge in [0.2, 0.25) is 5.91 Å². The molecule has 1 saturated heterocycles. The smallest absolute Gasteiger partial charge is 0.231 e. The Labute approximate surface area is 149 Å². The van der Waals surface area contributed by atoms with E-state index in [0.717, 1.165) is 50.5 Å². The molecule has 0 aromatic heterocycles. The maximum atomic E-state index is 13.0. The van der Waals surface area contributed by atoms with Crippen molar-refractivity contribution in [1.82, 2.24) is 10.2 Å². The number of fused-ring (bicyclic) bond motifs is 1. The van der Waals surface area contributed by atoms with Gasteiger partial charge in [-0.15, -0.1) is 0 Å². The minimum absolute atomic E-state index is 0.0818. The number of hydrogen-bond acceptors (Lipinski definition) is 4. The largest absolute Gasteiger partial charge is 0.492 e. The molecule has 2 heterocycles. The van der Waals surface area contributed by atoms with Crippen molar-refractivity contribution in [2.24, 2.45) is 0 Å². The summed E-state index contributed by atoms with van der Waals surface area (Å²) in [6.07, 6.45) is 4.80. The molecule has 2 fully saturated rings. The highest BCUT2D eigenvalue weighted by Gasteiger charge is 2.45. The Kier molecular flexibility index (Phi) is 4.69. The second-order valence-corrected chi connectivity index (χ2v) is 7.54. The van der Waals surface area contributed by atoms with Crippen LogP contribution in [0.2, 0.25) is 0 Å². The van der Waals surface area contributed by atoms with Gasteiger partial charge in [0.25, 0.3) is 0 Å². The number of ether oxygens (including phenoxy) is 2. The van der Waals surface area contributed by atoms with Crippen LogP contribution in [-0.4, -0.2) is 55.3 Å². The third-order valence-corrected chi connectivity index (χ3v) is 6.29. The van der Waals surface area contributed by atoms with E-state index in [9.17, 15) is 4.79 Å². The molecule has 0 radical (unpaired) electrons. The van der Waals surface area contributed by atoms with E-state index in [4.69, 9.17) is 9.47 Å². The predicted octanol–water partition coefficient (Wildman–Crippen LogP) is 2.31. The van der Waals surface area contributed by atoms with Crippen molar-refractivity contribution in [3.63, 3.8) is 0 Å². The zero-order valence-corrected chi connectivity index (χ0v) is 15.0. The number of nitrogens with one attached hydrogen (secondary N) is 1.